The topological polar surface area (TPSA) is 29.1 Å². The van der Waals surface area contributed by atoms with E-state index in [9.17, 15) is 13.6 Å². The molecule has 0 saturated heterocycles. The fraction of sp³-hybridized carbons (Fsp3) is 0.462. The first kappa shape index (κ1) is 14.9. The summed E-state index contributed by atoms with van der Waals surface area (Å²) in [5.74, 6) is -1.42. The van der Waals surface area contributed by atoms with Gasteiger partial charge in [-0.15, -0.1) is 11.6 Å². The van der Waals surface area contributed by atoms with Crippen LogP contribution in [0.3, 0.4) is 0 Å². The predicted molar refractivity (Wildman–Crippen MR) is 67.6 cm³/mol. The van der Waals surface area contributed by atoms with Crippen LogP contribution in [-0.2, 0) is 11.2 Å². The van der Waals surface area contributed by atoms with E-state index in [1.807, 2.05) is 13.8 Å². The molecular weight excluding hydrogens is 260 g/mol. The van der Waals surface area contributed by atoms with E-state index in [0.29, 0.717) is 6.42 Å². The first-order valence-corrected chi connectivity index (χ1v) is 6.24. The number of rotatable bonds is 5. The first-order valence-electron chi connectivity index (χ1n) is 5.71. The minimum absolute atomic E-state index is 0.126. The van der Waals surface area contributed by atoms with E-state index in [2.05, 4.69) is 5.32 Å². The summed E-state index contributed by atoms with van der Waals surface area (Å²) < 4.78 is 26.1. The molecule has 0 aliphatic heterocycles. The highest BCUT2D eigenvalue weighted by molar-refractivity contribution is 6.18. The maximum atomic E-state index is 13.4. The van der Waals surface area contributed by atoms with Crippen molar-refractivity contribution in [3.63, 3.8) is 0 Å². The third kappa shape index (κ3) is 3.95. The molecule has 0 bridgehead atoms. The molecule has 0 aliphatic rings. The number of hydrogen-bond donors (Lipinski definition) is 1. The smallest absolute Gasteiger partial charge is 0.224 e. The lowest BCUT2D eigenvalue weighted by Gasteiger charge is -2.27. The van der Waals surface area contributed by atoms with Gasteiger partial charge in [0.15, 0.2) is 0 Å². The average molecular weight is 276 g/mol. The number of hydrogen-bond acceptors (Lipinski definition) is 1. The first-order chi connectivity index (χ1) is 8.40. The van der Waals surface area contributed by atoms with Crippen molar-refractivity contribution in [3.8, 4) is 0 Å². The Morgan fingerprint density at radius 2 is 2.11 bits per heavy atom. The summed E-state index contributed by atoms with van der Waals surface area (Å²) in [5, 5.41) is 2.75. The summed E-state index contributed by atoms with van der Waals surface area (Å²) in [5.41, 5.74) is -0.336. The van der Waals surface area contributed by atoms with Crippen LogP contribution in [0.2, 0.25) is 0 Å². The van der Waals surface area contributed by atoms with Gasteiger partial charge in [0.1, 0.15) is 11.6 Å². The van der Waals surface area contributed by atoms with Crippen LogP contribution in [0.4, 0.5) is 8.78 Å². The minimum Gasteiger partial charge on any atom is -0.349 e. The van der Waals surface area contributed by atoms with E-state index >= 15 is 0 Å². The quantitative estimate of drug-likeness (QED) is 0.823. The summed E-state index contributed by atoms with van der Waals surface area (Å²) >= 11 is 5.77. The molecule has 2 nitrogen and oxygen atoms in total. The van der Waals surface area contributed by atoms with Crippen molar-refractivity contribution in [2.75, 3.05) is 5.88 Å². The van der Waals surface area contributed by atoms with Crippen LogP contribution >= 0.6 is 11.6 Å². The van der Waals surface area contributed by atoms with Gasteiger partial charge in [0, 0.05) is 11.9 Å². The fourth-order valence-corrected chi connectivity index (χ4v) is 1.69. The monoisotopic (exact) mass is 275 g/mol. The van der Waals surface area contributed by atoms with E-state index in [1.54, 1.807) is 0 Å². The van der Waals surface area contributed by atoms with Gasteiger partial charge in [-0.3, -0.25) is 4.79 Å². The summed E-state index contributed by atoms with van der Waals surface area (Å²) in [7, 11) is 0. The third-order valence-corrected chi connectivity index (χ3v) is 3.47. The van der Waals surface area contributed by atoms with E-state index in [1.165, 1.54) is 6.07 Å². The van der Waals surface area contributed by atoms with Gasteiger partial charge in [-0.2, -0.15) is 0 Å². The average Bonchev–Trinajstić information content (AvgIpc) is 2.32. The van der Waals surface area contributed by atoms with Crippen LogP contribution in [0, 0.1) is 11.6 Å². The molecule has 0 spiro atoms. The lowest BCUT2D eigenvalue weighted by atomic mass is 10.0. The maximum absolute atomic E-state index is 13.4. The standard InChI is InChI=1S/C13H16ClF2NO/c1-3-13(2,8-14)17-12(18)6-9-4-5-10(15)7-11(9)16/h4-5,7H,3,6,8H2,1-2H3,(H,17,18). The van der Waals surface area contributed by atoms with Crippen molar-refractivity contribution in [1.82, 2.24) is 5.32 Å². The highest BCUT2D eigenvalue weighted by Gasteiger charge is 2.23. The lowest BCUT2D eigenvalue weighted by molar-refractivity contribution is -0.122. The normalized spacial score (nSPS) is 14.1. The Morgan fingerprint density at radius 1 is 1.44 bits per heavy atom. The summed E-state index contributed by atoms with van der Waals surface area (Å²) in [4.78, 5) is 11.8. The second-order valence-electron chi connectivity index (χ2n) is 4.51. The Hall–Kier alpha value is -1.16. The highest BCUT2D eigenvalue weighted by Crippen LogP contribution is 2.13. The highest BCUT2D eigenvalue weighted by atomic mass is 35.5. The number of carbonyl (C=O) groups excluding carboxylic acids is 1. The summed E-state index contributed by atoms with van der Waals surface area (Å²) in [6, 6.07) is 3.17. The molecule has 5 heteroatoms. The third-order valence-electron chi connectivity index (χ3n) is 2.88. The SMILES string of the molecule is CCC(C)(CCl)NC(=O)Cc1ccc(F)cc1F. The number of carbonyl (C=O) groups is 1. The molecular formula is C13H16ClF2NO. The van der Waals surface area contributed by atoms with Gasteiger partial charge in [0.2, 0.25) is 5.91 Å². The van der Waals surface area contributed by atoms with Crippen LogP contribution in [-0.4, -0.2) is 17.3 Å². The van der Waals surface area contributed by atoms with Crippen LogP contribution in [0.25, 0.3) is 0 Å². The Balaban J connectivity index is 2.70. The lowest BCUT2D eigenvalue weighted by Crippen LogP contribution is -2.47. The largest absolute Gasteiger partial charge is 0.349 e. The second-order valence-corrected chi connectivity index (χ2v) is 4.78. The van der Waals surface area contributed by atoms with Crippen LogP contribution in [0.15, 0.2) is 18.2 Å². The Kier molecular flexibility index (Phi) is 5.08. The van der Waals surface area contributed by atoms with Crippen molar-refractivity contribution in [2.24, 2.45) is 0 Å². The molecule has 0 radical (unpaired) electrons. The van der Waals surface area contributed by atoms with Gasteiger partial charge < -0.3 is 5.32 Å². The van der Waals surface area contributed by atoms with Gasteiger partial charge in [0.25, 0.3) is 0 Å². The fourth-order valence-electron chi connectivity index (χ4n) is 1.44. The zero-order chi connectivity index (χ0) is 13.8. The van der Waals surface area contributed by atoms with Crippen molar-refractivity contribution < 1.29 is 13.6 Å². The van der Waals surface area contributed by atoms with E-state index in [-0.39, 0.29) is 23.8 Å². The van der Waals surface area contributed by atoms with Gasteiger partial charge in [0.05, 0.1) is 12.0 Å². The molecule has 18 heavy (non-hydrogen) atoms. The van der Waals surface area contributed by atoms with Gasteiger partial charge >= 0.3 is 0 Å². The molecule has 1 atom stereocenters. The van der Waals surface area contributed by atoms with Gasteiger partial charge in [-0.1, -0.05) is 13.0 Å². The number of amides is 1. The van der Waals surface area contributed by atoms with Gasteiger partial charge in [-0.05, 0) is 25.0 Å². The maximum Gasteiger partial charge on any atom is 0.224 e. The summed E-state index contributed by atoms with van der Waals surface area (Å²) in [6.07, 6.45) is 0.548. The minimum atomic E-state index is -0.714. The summed E-state index contributed by atoms with van der Waals surface area (Å²) in [6.45, 7) is 3.72. The number of halogens is 3. The van der Waals surface area contributed by atoms with Crippen molar-refractivity contribution in [2.45, 2.75) is 32.2 Å². The number of nitrogens with one attached hydrogen (secondary N) is 1. The number of benzene rings is 1. The van der Waals surface area contributed by atoms with Crippen LogP contribution in [0.1, 0.15) is 25.8 Å². The molecule has 1 N–H and O–H groups in total. The zero-order valence-electron chi connectivity index (χ0n) is 10.4. The molecule has 0 aromatic heterocycles. The molecule has 1 aromatic carbocycles. The molecule has 1 amide bonds. The van der Waals surface area contributed by atoms with Crippen LogP contribution in [0.5, 0.6) is 0 Å². The molecule has 0 fully saturated rings. The van der Waals surface area contributed by atoms with Crippen molar-refractivity contribution in [1.29, 1.82) is 0 Å². The second kappa shape index (κ2) is 6.14. The van der Waals surface area contributed by atoms with E-state index < -0.39 is 17.2 Å². The zero-order valence-corrected chi connectivity index (χ0v) is 11.2. The molecule has 0 aliphatic carbocycles. The van der Waals surface area contributed by atoms with Crippen molar-refractivity contribution in [3.05, 3.63) is 35.4 Å². The van der Waals surface area contributed by atoms with Crippen LogP contribution < -0.4 is 5.32 Å². The Morgan fingerprint density at radius 3 is 2.61 bits per heavy atom. The Bertz CT molecular complexity index is 433. The molecule has 100 valence electrons. The molecule has 0 heterocycles. The van der Waals surface area contributed by atoms with Gasteiger partial charge in [-0.25, -0.2) is 8.78 Å². The molecule has 1 unspecified atom stereocenters. The number of alkyl halides is 1. The predicted octanol–water partition coefficient (Wildman–Crippen LogP) is 3.03. The Labute approximate surface area is 110 Å². The van der Waals surface area contributed by atoms with E-state index in [0.717, 1.165) is 12.1 Å². The molecule has 1 aromatic rings. The molecule has 0 saturated carbocycles. The molecule has 1 rings (SSSR count). The van der Waals surface area contributed by atoms with E-state index in [4.69, 9.17) is 11.6 Å². The van der Waals surface area contributed by atoms with Crippen molar-refractivity contribution >= 4 is 17.5 Å².